The number of nitrogens with zero attached hydrogens (tertiary/aromatic N) is 1. The number of aryl methyl sites for hydroxylation is 2. The van der Waals surface area contributed by atoms with Crippen LogP contribution >= 0.6 is 11.3 Å². The normalized spacial score (nSPS) is 12.4. The van der Waals surface area contributed by atoms with E-state index in [0.717, 1.165) is 22.0 Å². The lowest BCUT2D eigenvalue weighted by atomic mass is 10.1. The first-order chi connectivity index (χ1) is 9.10. The van der Waals surface area contributed by atoms with Gasteiger partial charge in [0.05, 0.1) is 16.7 Å². The van der Waals surface area contributed by atoms with Gasteiger partial charge in [-0.2, -0.15) is 0 Å². The molecule has 0 fully saturated rings. The first kappa shape index (κ1) is 14.0. The van der Waals surface area contributed by atoms with E-state index in [2.05, 4.69) is 36.3 Å². The van der Waals surface area contributed by atoms with Crippen LogP contribution in [0.1, 0.15) is 34.1 Å². The first-order valence-corrected chi connectivity index (χ1v) is 7.32. The van der Waals surface area contributed by atoms with Crippen molar-refractivity contribution in [3.05, 3.63) is 45.4 Å². The molecular formula is C15H20N2OS. The van der Waals surface area contributed by atoms with Gasteiger partial charge in [0.15, 0.2) is 0 Å². The van der Waals surface area contributed by atoms with Gasteiger partial charge in [-0.05, 0) is 44.9 Å². The maximum atomic E-state index is 8.89. The fourth-order valence-electron chi connectivity index (χ4n) is 2.16. The quantitative estimate of drug-likeness (QED) is 0.879. The lowest BCUT2D eigenvalue weighted by Gasteiger charge is -2.14. The molecule has 3 nitrogen and oxygen atoms in total. The number of hydrogen-bond donors (Lipinski definition) is 2. The molecule has 0 saturated carbocycles. The van der Waals surface area contributed by atoms with Crippen LogP contribution in [0.25, 0.3) is 0 Å². The van der Waals surface area contributed by atoms with E-state index in [-0.39, 0.29) is 12.6 Å². The van der Waals surface area contributed by atoms with Gasteiger partial charge in [0.2, 0.25) is 0 Å². The average Bonchev–Trinajstić information content (AvgIpc) is 2.71. The predicted octanol–water partition coefficient (Wildman–Crippen LogP) is 3.47. The van der Waals surface area contributed by atoms with Crippen LogP contribution in [0.15, 0.2) is 24.3 Å². The van der Waals surface area contributed by atoms with E-state index in [1.54, 1.807) is 11.3 Å². The van der Waals surface area contributed by atoms with E-state index in [4.69, 9.17) is 5.11 Å². The van der Waals surface area contributed by atoms with Crippen LogP contribution in [0.5, 0.6) is 0 Å². The number of rotatable bonds is 5. The Morgan fingerprint density at radius 1 is 1.26 bits per heavy atom. The van der Waals surface area contributed by atoms with Crippen molar-refractivity contribution in [2.45, 2.75) is 33.2 Å². The summed E-state index contributed by atoms with van der Waals surface area (Å²) < 4.78 is 0. The molecule has 0 aliphatic heterocycles. The number of anilines is 1. The SMILES string of the molecule is Cc1nc(C(C)Nc2ccc(CCO)cc2)c(C)s1. The second-order valence-electron chi connectivity index (χ2n) is 4.71. The highest BCUT2D eigenvalue weighted by molar-refractivity contribution is 7.11. The molecule has 1 aromatic heterocycles. The van der Waals surface area contributed by atoms with Gasteiger partial charge in [-0.3, -0.25) is 0 Å². The van der Waals surface area contributed by atoms with Crippen LogP contribution < -0.4 is 5.32 Å². The third-order valence-electron chi connectivity index (χ3n) is 3.09. The number of aliphatic hydroxyl groups excluding tert-OH is 1. The zero-order chi connectivity index (χ0) is 13.8. The topological polar surface area (TPSA) is 45.2 Å². The lowest BCUT2D eigenvalue weighted by molar-refractivity contribution is 0.299. The van der Waals surface area contributed by atoms with E-state index in [9.17, 15) is 0 Å². The Morgan fingerprint density at radius 3 is 2.47 bits per heavy atom. The highest BCUT2D eigenvalue weighted by Crippen LogP contribution is 2.25. The first-order valence-electron chi connectivity index (χ1n) is 6.50. The summed E-state index contributed by atoms with van der Waals surface area (Å²) in [6, 6.07) is 8.40. The van der Waals surface area contributed by atoms with Gasteiger partial charge < -0.3 is 10.4 Å². The fourth-order valence-corrected chi connectivity index (χ4v) is 3.08. The van der Waals surface area contributed by atoms with Crippen LogP contribution in [0.2, 0.25) is 0 Å². The van der Waals surface area contributed by atoms with Crippen molar-refractivity contribution in [2.24, 2.45) is 0 Å². The molecule has 19 heavy (non-hydrogen) atoms. The van der Waals surface area contributed by atoms with E-state index >= 15 is 0 Å². The molecule has 0 bridgehead atoms. The van der Waals surface area contributed by atoms with E-state index in [0.29, 0.717) is 6.42 Å². The molecule has 1 heterocycles. The van der Waals surface area contributed by atoms with Crippen LogP contribution in [-0.4, -0.2) is 16.7 Å². The summed E-state index contributed by atoms with van der Waals surface area (Å²) in [7, 11) is 0. The number of benzene rings is 1. The molecule has 0 radical (unpaired) electrons. The van der Waals surface area contributed by atoms with Crippen LogP contribution in [0, 0.1) is 13.8 Å². The van der Waals surface area contributed by atoms with Gasteiger partial charge in [-0.25, -0.2) is 4.98 Å². The Hall–Kier alpha value is -1.39. The summed E-state index contributed by atoms with van der Waals surface area (Å²) in [6.07, 6.45) is 0.709. The van der Waals surface area contributed by atoms with Crippen LogP contribution in [-0.2, 0) is 6.42 Å². The largest absolute Gasteiger partial charge is 0.396 e. The molecule has 0 saturated heterocycles. The van der Waals surface area contributed by atoms with Gasteiger partial charge in [-0.15, -0.1) is 11.3 Å². The molecular weight excluding hydrogens is 256 g/mol. The van der Waals surface area contributed by atoms with Crippen molar-refractivity contribution in [1.29, 1.82) is 0 Å². The van der Waals surface area contributed by atoms with Crippen molar-refractivity contribution >= 4 is 17.0 Å². The highest BCUT2D eigenvalue weighted by atomic mass is 32.1. The second kappa shape index (κ2) is 6.17. The van der Waals surface area contributed by atoms with Crippen molar-refractivity contribution < 1.29 is 5.11 Å². The van der Waals surface area contributed by atoms with Gasteiger partial charge in [0.25, 0.3) is 0 Å². The molecule has 1 unspecified atom stereocenters. The van der Waals surface area contributed by atoms with E-state index in [1.807, 2.05) is 19.1 Å². The minimum Gasteiger partial charge on any atom is -0.396 e. The zero-order valence-corrected chi connectivity index (χ0v) is 12.4. The molecule has 2 rings (SSSR count). The van der Waals surface area contributed by atoms with Crippen molar-refractivity contribution in [2.75, 3.05) is 11.9 Å². The molecule has 0 aliphatic rings. The van der Waals surface area contributed by atoms with Crippen molar-refractivity contribution in [1.82, 2.24) is 4.98 Å². The second-order valence-corrected chi connectivity index (χ2v) is 6.12. The Bertz CT molecular complexity index is 534. The number of hydrogen-bond acceptors (Lipinski definition) is 4. The maximum Gasteiger partial charge on any atom is 0.0901 e. The average molecular weight is 276 g/mol. The fraction of sp³-hybridized carbons (Fsp3) is 0.400. The highest BCUT2D eigenvalue weighted by Gasteiger charge is 2.12. The Labute approximate surface area is 118 Å². The van der Waals surface area contributed by atoms with Crippen molar-refractivity contribution in [3.8, 4) is 0 Å². The molecule has 4 heteroatoms. The lowest BCUT2D eigenvalue weighted by Crippen LogP contribution is -2.08. The molecule has 2 N–H and O–H groups in total. The Kier molecular flexibility index (Phi) is 4.56. The van der Waals surface area contributed by atoms with Crippen LogP contribution in [0.4, 0.5) is 5.69 Å². The molecule has 2 aromatic rings. The molecule has 0 amide bonds. The van der Waals surface area contributed by atoms with Crippen molar-refractivity contribution in [3.63, 3.8) is 0 Å². The Balaban J connectivity index is 2.06. The predicted molar refractivity (Wildman–Crippen MR) is 80.9 cm³/mol. The molecule has 1 atom stereocenters. The maximum absolute atomic E-state index is 8.89. The minimum absolute atomic E-state index is 0.195. The summed E-state index contributed by atoms with van der Waals surface area (Å²) in [6.45, 7) is 6.48. The smallest absolute Gasteiger partial charge is 0.0901 e. The van der Waals surface area contributed by atoms with E-state index < -0.39 is 0 Å². The Morgan fingerprint density at radius 2 is 1.95 bits per heavy atom. The summed E-state index contributed by atoms with van der Waals surface area (Å²) in [5.74, 6) is 0. The zero-order valence-electron chi connectivity index (χ0n) is 11.6. The van der Waals surface area contributed by atoms with Gasteiger partial charge in [0.1, 0.15) is 0 Å². The summed E-state index contributed by atoms with van der Waals surface area (Å²) in [5, 5.41) is 13.5. The van der Waals surface area contributed by atoms with Gasteiger partial charge in [-0.1, -0.05) is 12.1 Å². The number of nitrogens with one attached hydrogen (secondary N) is 1. The number of aliphatic hydroxyl groups is 1. The third-order valence-corrected chi connectivity index (χ3v) is 3.99. The van der Waals surface area contributed by atoms with Gasteiger partial charge >= 0.3 is 0 Å². The standard InChI is InChI=1S/C15H20N2OS/c1-10(15-11(2)19-12(3)17-15)16-14-6-4-13(5-7-14)8-9-18/h4-7,10,16,18H,8-9H2,1-3H3. The molecule has 0 spiro atoms. The summed E-state index contributed by atoms with van der Waals surface area (Å²) >= 11 is 1.74. The summed E-state index contributed by atoms with van der Waals surface area (Å²) in [5.41, 5.74) is 3.36. The molecule has 1 aromatic carbocycles. The minimum atomic E-state index is 0.195. The third kappa shape index (κ3) is 3.55. The van der Waals surface area contributed by atoms with Crippen LogP contribution in [0.3, 0.4) is 0 Å². The molecule has 0 aliphatic carbocycles. The number of aromatic nitrogens is 1. The van der Waals surface area contributed by atoms with E-state index in [1.165, 1.54) is 4.88 Å². The summed E-state index contributed by atoms with van der Waals surface area (Å²) in [4.78, 5) is 5.85. The van der Waals surface area contributed by atoms with Gasteiger partial charge in [0, 0.05) is 17.2 Å². The monoisotopic (exact) mass is 276 g/mol. The number of thiazole rings is 1. The molecule has 102 valence electrons.